The number of anilines is 1. The first-order valence-corrected chi connectivity index (χ1v) is 15.0. The molecule has 0 bridgehead atoms. The maximum Gasteiger partial charge on any atom is 0.151 e. The minimum absolute atomic E-state index is 0.0820. The van der Waals surface area contributed by atoms with Crippen molar-refractivity contribution < 1.29 is 8.42 Å². The van der Waals surface area contributed by atoms with E-state index in [-0.39, 0.29) is 5.75 Å². The number of thioether (sulfide) groups is 1. The van der Waals surface area contributed by atoms with Gasteiger partial charge in [-0.05, 0) is 50.1 Å². The standard InChI is InChI=1S/C21H30IN3O2S2/c1-25-17(7-8-22)12-28-21(25)19-11-15-9-14(13-29(2,26)27)10-18(20(15)24-19)23-16-5-3-4-6-16/h9-11,16-17,21,23-24H,3-8,12-13H2,1-2H3/t17-,21?/m1/s1. The van der Waals surface area contributed by atoms with Crippen molar-refractivity contribution in [1.29, 1.82) is 0 Å². The number of fused-ring (bicyclic) bond motifs is 1. The normalized spacial score (nSPS) is 24.0. The van der Waals surface area contributed by atoms with Crippen molar-refractivity contribution in [3.8, 4) is 0 Å². The molecule has 2 heterocycles. The first-order valence-electron chi connectivity index (χ1n) is 10.3. The third kappa shape index (κ3) is 5.07. The van der Waals surface area contributed by atoms with E-state index in [1.54, 1.807) is 0 Å². The van der Waals surface area contributed by atoms with Gasteiger partial charge in [-0.15, -0.1) is 11.8 Å². The lowest BCUT2D eigenvalue weighted by Crippen LogP contribution is -2.29. The summed E-state index contributed by atoms with van der Waals surface area (Å²) in [5, 5.41) is 5.14. The Morgan fingerprint density at radius 2 is 2.03 bits per heavy atom. The molecule has 0 amide bonds. The van der Waals surface area contributed by atoms with E-state index < -0.39 is 9.84 Å². The second kappa shape index (κ2) is 8.96. The van der Waals surface area contributed by atoms with Gasteiger partial charge in [-0.3, -0.25) is 4.90 Å². The minimum Gasteiger partial charge on any atom is -0.381 e. The maximum absolute atomic E-state index is 11.9. The zero-order valence-corrected chi connectivity index (χ0v) is 20.9. The average Bonchev–Trinajstić information content (AvgIpc) is 3.35. The van der Waals surface area contributed by atoms with Crippen molar-refractivity contribution in [2.45, 2.75) is 55.3 Å². The van der Waals surface area contributed by atoms with E-state index in [0.717, 1.165) is 27.9 Å². The summed E-state index contributed by atoms with van der Waals surface area (Å²) in [6, 6.07) is 7.40. The molecule has 8 heteroatoms. The van der Waals surface area contributed by atoms with Crippen molar-refractivity contribution >= 4 is 60.8 Å². The number of halogens is 1. The lowest BCUT2D eigenvalue weighted by molar-refractivity contribution is 0.260. The van der Waals surface area contributed by atoms with Crippen LogP contribution in [0.2, 0.25) is 0 Å². The molecule has 4 rings (SSSR count). The molecule has 1 aromatic carbocycles. The van der Waals surface area contributed by atoms with Crippen LogP contribution in [0.4, 0.5) is 5.69 Å². The lowest BCUT2D eigenvalue weighted by atomic mass is 10.1. The molecule has 5 nitrogen and oxygen atoms in total. The minimum atomic E-state index is -3.07. The van der Waals surface area contributed by atoms with Crippen molar-refractivity contribution in [3.05, 3.63) is 29.5 Å². The molecule has 2 fully saturated rings. The number of alkyl halides is 1. The quantitative estimate of drug-likeness (QED) is 0.380. The van der Waals surface area contributed by atoms with E-state index in [2.05, 4.69) is 50.9 Å². The Morgan fingerprint density at radius 1 is 1.28 bits per heavy atom. The monoisotopic (exact) mass is 547 g/mol. The van der Waals surface area contributed by atoms with Crippen LogP contribution in [0.1, 0.15) is 48.7 Å². The molecule has 1 aliphatic carbocycles. The molecule has 2 N–H and O–H groups in total. The number of aromatic amines is 1. The highest BCUT2D eigenvalue weighted by molar-refractivity contribution is 14.1. The SMILES string of the molecule is CN1C(c2cc3cc(CS(C)(=O)=O)cc(NC4CCCC4)c3[nH]2)SC[C@H]1CCI. The predicted molar refractivity (Wildman–Crippen MR) is 133 cm³/mol. The number of H-pyrrole nitrogens is 1. The van der Waals surface area contributed by atoms with Gasteiger partial charge >= 0.3 is 0 Å². The summed E-state index contributed by atoms with van der Waals surface area (Å²) in [5.41, 5.74) is 4.24. The number of sulfone groups is 1. The molecule has 160 valence electrons. The third-order valence-corrected chi connectivity index (χ3v) is 9.01. The fourth-order valence-electron chi connectivity index (χ4n) is 4.60. The van der Waals surface area contributed by atoms with Crippen LogP contribution in [0.15, 0.2) is 18.2 Å². The summed E-state index contributed by atoms with van der Waals surface area (Å²) in [6.07, 6.45) is 7.42. The van der Waals surface area contributed by atoms with Gasteiger partial charge in [0.25, 0.3) is 0 Å². The molecule has 0 radical (unpaired) electrons. The van der Waals surface area contributed by atoms with Gasteiger partial charge in [0.1, 0.15) is 0 Å². The first kappa shape index (κ1) is 21.8. The second-order valence-electron chi connectivity index (χ2n) is 8.51. The Hall–Kier alpha value is -0.450. The van der Waals surface area contributed by atoms with Gasteiger partial charge in [0.05, 0.1) is 22.3 Å². The Labute approximate surface area is 191 Å². The highest BCUT2D eigenvalue weighted by Crippen LogP contribution is 2.42. The molecular weight excluding hydrogens is 517 g/mol. The molecule has 29 heavy (non-hydrogen) atoms. The van der Waals surface area contributed by atoms with Gasteiger partial charge in [-0.1, -0.05) is 35.4 Å². The number of benzene rings is 1. The average molecular weight is 548 g/mol. The van der Waals surface area contributed by atoms with Crippen LogP contribution in [0.3, 0.4) is 0 Å². The van der Waals surface area contributed by atoms with Crippen molar-refractivity contribution in [2.24, 2.45) is 0 Å². The number of hydrogen-bond acceptors (Lipinski definition) is 5. The Morgan fingerprint density at radius 3 is 2.72 bits per heavy atom. The molecule has 2 atom stereocenters. The van der Waals surface area contributed by atoms with Gasteiger partial charge in [0.2, 0.25) is 0 Å². The summed E-state index contributed by atoms with van der Waals surface area (Å²) in [4.78, 5) is 6.17. The first-order chi connectivity index (χ1) is 13.8. The second-order valence-corrected chi connectivity index (χ2v) is 12.8. The Kier molecular flexibility index (Phi) is 6.73. The van der Waals surface area contributed by atoms with Gasteiger partial charge in [0.15, 0.2) is 9.84 Å². The summed E-state index contributed by atoms with van der Waals surface area (Å²) >= 11 is 4.46. The topological polar surface area (TPSA) is 65.2 Å². The summed E-state index contributed by atoms with van der Waals surface area (Å²) in [5.74, 6) is 1.24. The number of aromatic nitrogens is 1. The molecule has 1 aliphatic heterocycles. The molecule has 2 aromatic rings. The van der Waals surface area contributed by atoms with Crippen LogP contribution < -0.4 is 5.32 Å². The summed E-state index contributed by atoms with van der Waals surface area (Å²) in [6.45, 7) is 0. The van der Waals surface area contributed by atoms with Gasteiger partial charge < -0.3 is 10.3 Å². The summed E-state index contributed by atoms with van der Waals surface area (Å²) < 4.78 is 25.0. The van der Waals surface area contributed by atoms with E-state index in [9.17, 15) is 8.42 Å². The fourth-order valence-corrected chi connectivity index (χ4v) is 7.61. The van der Waals surface area contributed by atoms with Crippen LogP contribution >= 0.6 is 34.4 Å². The number of nitrogens with zero attached hydrogens (tertiary/aromatic N) is 1. The zero-order valence-electron chi connectivity index (χ0n) is 17.1. The maximum atomic E-state index is 11.9. The highest BCUT2D eigenvalue weighted by Gasteiger charge is 2.32. The molecular formula is C21H30IN3O2S2. The van der Waals surface area contributed by atoms with E-state index in [1.807, 2.05) is 23.9 Å². The number of nitrogens with one attached hydrogen (secondary N) is 2. The molecule has 0 spiro atoms. The molecule has 1 saturated heterocycles. The molecule has 1 aromatic heterocycles. The highest BCUT2D eigenvalue weighted by atomic mass is 127. The van der Waals surface area contributed by atoms with Gasteiger partial charge in [-0.2, -0.15) is 0 Å². The molecule has 1 saturated carbocycles. The number of rotatable bonds is 7. The van der Waals surface area contributed by atoms with Crippen LogP contribution in [-0.2, 0) is 15.6 Å². The van der Waals surface area contributed by atoms with Crippen LogP contribution in [0, 0.1) is 0 Å². The van der Waals surface area contributed by atoms with Crippen LogP contribution in [0.5, 0.6) is 0 Å². The Balaban J connectivity index is 1.69. The van der Waals surface area contributed by atoms with E-state index in [0.29, 0.717) is 17.5 Å². The van der Waals surface area contributed by atoms with Crippen LogP contribution in [0.25, 0.3) is 10.9 Å². The van der Waals surface area contributed by atoms with E-state index in [4.69, 9.17) is 0 Å². The lowest BCUT2D eigenvalue weighted by Gasteiger charge is -2.23. The zero-order chi connectivity index (χ0) is 20.6. The van der Waals surface area contributed by atoms with Gasteiger partial charge in [-0.25, -0.2) is 8.42 Å². The van der Waals surface area contributed by atoms with Crippen molar-refractivity contribution in [2.75, 3.05) is 28.8 Å². The largest absolute Gasteiger partial charge is 0.381 e. The van der Waals surface area contributed by atoms with Crippen LogP contribution in [-0.4, -0.2) is 53.9 Å². The fraction of sp³-hybridized carbons (Fsp3) is 0.619. The van der Waals surface area contributed by atoms with E-state index >= 15 is 0 Å². The van der Waals surface area contributed by atoms with Gasteiger partial charge in [0, 0.05) is 39.6 Å². The number of hydrogen-bond donors (Lipinski definition) is 2. The van der Waals surface area contributed by atoms with Crippen molar-refractivity contribution in [1.82, 2.24) is 9.88 Å². The van der Waals surface area contributed by atoms with E-state index in [1.165, 1.54) is 48.5 Å². The third-order valence-electron chi connectivity index (χ3n) is 6.05. The molecule has 1 unspecified atom stereocenters. The Bertz CT molecular complexity index is 970. The molecule has 2 aliphatic rings. The predicted octanol–water partition coefficient (Wildman–Crippen LogP) is 4.94. The smallest absolute Gasteiger partial charge is 0.151 e. The summed E-state index contributed by atoms with van der Waals surface area (Å²) in [7, 11) is -0.850. The van der Waals surface area contributed by atoms with Crippen molar-refractivity contribution in [3.63, 3.8) is 0 Å².